The summed E-state index contributed by atoms with van der Waals surface area (Å²) in [6, 6.07) is 12.1. The summed E-state index contributed by atoms with van der Waals surface area (Å²) >= 11 is 9.04. The summed E-state index contributed by atoms with van der Waals surface area (Å²) in [5.74, 6) is 0.840. The van der Waals surface area contributed by atoms with Crippen molar-refractivity contribution in [2.75, 3.05) is 42.7 Å². The first kappa shape index (κ1) is 33.4. The summed E-state index contributed by atoms with van der Waals surface area (Å²) in [6.45, 7) is 9.14. The third-order valence-corrected chi connectivity index (χ3v) is 10.7. The molecule has 2 aromatic heterocycles. The van der Waals surface area contributed by atoms with E-state index in [1.807, 2.05) is 36.9 Å². The van der Waals surface area contributed by atoms with Crippen molar-refractivity contribution in [2.24, 2.45) is 0 Å². The van der Waals surface area contributed by atoms with E-state index in [1.165, 1.54) is 29.3 Å². The molecule has 12 nitrogen and oxygen atoms in total. The van der Waals surface area contributed by atoms with Crippen molar-refractivity contribution in [3.05, 3.63) is 53.7 Å². The largest absolute Gasteiger partial charge is 0.495 e. The maximum atomic E-state index is 12.9. The number of methoxy groups -OCH3 is 1. The van der Waals surface area contributed by atoms with Gasteiger partial charge in [0.2, 0.25) is 17.0 Å². The minimum Gasteiger partial charge on any atom is -0.495 e. The molecule has 0 radical (unpaired) electrons. The first-order chi connectivity index (χ1) is 21.0. The molecule has 0 bridgehead atoms. The van der Waals surface area contributed by atoms with Crippen molar-refractivity contribution < 1.29 is 17.9 Å². The number of likely N-dealkylation sites (N-methyl/N-ethyl adjacent to an activating group) is 1. The molecule has 234 valence electrons. The van der Waals surface area contributed by atoms with Crippen LogP contribution in [0.5, 0.6) is 5.75 Å². The topological polar surface area (TPSA) is 151 Å². The number of hydrogen-bond acceptors (Lipinski definition) is 13. The fraction of sp³-hybridized carbons (Fsp3) is 0.321. The summed E-state index contributed by atoms with van der Waals surface area (Å²) in [5, 5.41) is 17.3. The highest BCUT2D eigenvalue weighted by atomic mass is 35.5. The molecule has 0 atom stereocenters. The second kappa shape index (κ2) is 15.0. The molecule has 0 aliphatic heterocycles. The molecule has 4 rings (SSSR count). The number of benzene rings is 2. The predicted octanol–water partition coefficient (Wildman–Crippen LogP) is 6.09. The van der Waals surface area contributed by atoms with E-state index in [0.717, 1.165) is 18.0 Å². The molecule has 16 heteroatoms. The maximum absolute atomic E-state index is 12.9. The Morgan fingerprint density at radius 2 is 1.84 bits per heavy atom. The lowest BCUT2D eigenvalue weighted by Crippen LogP contribution is -2.32. The monoisotopic (exact) mass is 676 g/mol. The third kappa shape index (κ3) is 8.35. The van der Waals surface area contributed by atoms with Crippen LogP contribution in [0.4, 0.5) is 28.3 Å². The molecule has 44 heavy (non-hydrogen) atoms. The first-order valence-corrected chi connectivity index (χ1v) is 17.2. The van der Waals surface area contributed by atoms with Crippen molar-refractivity contribution in [1.29, 1.82) is 0 Å². The van der Waals surface area contributed by atoms with Gasteiger partial charge in [-0.1, -0.05) is 60.7 Å². The Kier molecular flexibility index (Phi) is 11.4. The number of nitrogens with zero attached hydrogens (tertiary/aromatic N) is 5. The van der Waals surface area contributed by atoms with E-state index in [-0.39, 0.29) is 27.6 Å². The van der Waals surface area contributed by atoms with E-state index in [4.69, 9.17) is 16.3 Å². The highest BCUT2D eigenvalue weighted by molar-refractivity contribution is 8.01. The molecule has 0 fully saturated rings. The smallest absolute Gasteiger partial charge is 0.240 e. The van der Waals surface area contributed by atoms with Gasteiger partial charge in [-0.05, 0) is 57.3 Å². The zero-order valence-electron chi connectivity index (χ0n) is 24.8. The van der Waals surface area contributed by atoms with E-state index < -0.39 is 15.1 Å². The van der Waals surface area contributed by atoms with Crippen LogP contribution in [0, 0.1) is 0 Å². The molecule has 0 spiro atoms. The number of carbonyl (C=O) groups is 1. The lowest BCUT2D eigenvalue weighted by molar-refractivity contribution is -0.117. The van der Waals surface area contributed by atoms with E-state index in [9.17, 15) is 13.2 Å². The van der Waals surface area contributed by atoms with Gasteiger partial charge in [-0.15, -0.1) is 10.2 Å². The van der Waals surface area contributed by atoms with Gasteiger partial charge in [0.1, 0.15) is 10.8 Å². The number of anilines is 5. The van der Waals surface area contributed by atoms with Gasteiger partial charge in [0.15, 0.2) is 20.0 Å². The Morgan fingerprint density at radius 1 is 1.09 bits per heavy atom. The molecule has 0 aliphatic carbocycles. The molecule has 2 heterocycles. The molecule has 0 unspecified atom stereocenters. The van der Waals surface area contributed by atoms with Crippen LogP contribution in [0.2, 0.25) is 5.02 Å². The van der Waals surface area contributed by atoms with Crippen molar-refractivity contribution in [2.45, 2.75) is 47.1 Å². The molecule has 0 saturated carbocycles. The van der Waals surface area contributed by atoms with Crippen LogP contribution in [0.25, 0.3) is 0 Å². The SMILES string of the molecule is CCN(CC)CC(=O)Nc1nnc(Sc2ccc(Nc3ncc(Cl)c(Nc4ccccc4S(=O)(=O)C(C)C)n3)c(OC)c2)s1. The van der Waals surface area contributed by atoms with E-state index in [0.29, 0.717) is 33.1 Å². The number of nitrogens with one attached hydrogen (secondary N) is 3. The molecule has 4 aromatic rings. The molecule has 2 aromatic carbocycles. The zero-order chi connectivity index (χ0) is 31.9. The van der Waals surface area contributed by atoms with Gasteiger partial charge in [-0.25, -0.2) is 13.4 Å². The van der Waals surface area contributed by atoms with Gasteiger partial charge in [-0.3, -0.25) is 15.0 Å². The van der Waals surface area contributed by atoms with Gasteiger partial charge >= 0.3 is 0 Å². The van der Waals surface area contributed by atoms with E-state index in [2.05, 4.69) is 36.1 Å². The summed E-state index contributed by atoms with van der Waals surface area (Å²) < 4.78 is 32.0. The number of hydrogen-bond donors (Lipinski definition) is 3. The van der Waals surface area contributed by atoms with Crippen molar-refractivity contribution in [3.8, 4) is 5.75 Å². The Labute approximate surface area is 269 Å². The number of para-hydroxylation sites is 1. The second-order valence-corrected chi connectivity index (χ2v) is 14.8. The number of rotatable bonds is 14. The van der Waals surface area contributed by atoms with Crippen LogP contribution in [-0.4, -0.2) is 71.4 Å². The Bertz CT molecular complexity index is 1710. The maximum Gasteiger partial charge on any atom is 0.240 e. The van der Waals surface area contributed by atoms with Gasteiger partial charge < -0.3 is 15.4 Å². The predicted molar refractivity (Wildman–Crippen MR) is 176 cm³/mol. The second-order valence-electron chi connectivity index (χ2n) is 9.58. The average Bonchev–Trinajstić information content (AvgIpc) is 3.44. The number of amides is 1. The van der Waals surface area contributed by atoms with Crippen LogP contribution in [0.15, 0.2) is 62.8 Å². The van der Waals surface area contributed by atoms with Crippen LogP contribution < -0.4 is 20.7 Å². The molecule has 3 N–H and O–H groups in total. The van der Waals surface area contributed by atoms with Crippen molar-refractivity contribution in [1.82, 2.24) is 25.1 Å². The fourth-order valence-corrected chi connectivity index (χ4v) is 7.00. The zero-order valence-corrected chi connectivity index (χ0v) is 28.0. The van der Waals surface area contributed by atoms with E-state index in [1.54, 1.807) is 45.2 Å². The van der Waals surface area contributed by atoms with Crippen LogP contribution in [0.3, 0.4) is 0 Å². The Hall–Kier alpha value is -3.50. The summed E-state index contributed by atoms with van der Waals surface area (Å²) in [4.78, 5) is 24.0. The van der Waals surface area contributed by atoms with Crippen molar-refractivity contribution >= 4 is 78.7 Å². The molecular formula is C28H33ClN8O4S3. The van der Waals surface area contributed by atoms with Crippen LogP contribution in [-0.2, 0) is 14.6 Å². The quantitative estimate of drug-likeness (QED) is 0.133. The van der Waals surface area contributed by atoms with Crippen molar-refractivity contribution in [3.63, 3.8) is 0 Å². The standard InChI is InChI=1S/C28H33ClN8O4S3/c1-6-37(7-2)16-24(38)33-27-35-36-28(43-27)42-18-12-13-20(22(14-18)41-5)32-26-30-15-19(29)25(34-26)31-21-10-8-9-11-23(21)44(39,40)17(3)4/h8-15,17H,6-7,16H2,1-5H3,(H,33,35,38)(H2,30,31,32,34). The van der Waals surface area contributed by atoms with E-state index >= 15 is 0 Å². The van der Waals surface area contributed by atoms with Crippen LogP contribution in [0.1, 0.15) is 27.7 Å². The number of aromatic nitrogens is 4. The molecule has 1 amide bonds. The highest BCUT2D eigenvalue weighted by Crippen LogP contribution is 2.37. The number of sulfone groups is 1. The molecule has 0 aliphatic rings. The lowest BCUT2D eigenvalue weighted by Gasteiger charge is -2.16. The summed E-state index contributed by atoms with van der Waals surface area (Å²) in [6.07, 6.45) is 1.42. The summed E-state index contributed by atoms with van der Waals surface area (Å²) in [7, 11) is -2.01. The Balaban J connectivity index is 1.47. The third-order valence-electron chi connectivity index (χ3n) is 6.35. The Morgan fingerprint density at radius 3 is 2.55 bits per heavy atom. The molecular weight excluding hydrogens is 644 g/mol. The van der Waals surface area contributed by atoms with Gasteiger partial charge in [-0.2, -0.15) is 4.98 Å². The lowest BCUT2D eigenvalue weighted by atomic mass is 10.3. The first-order valence-electron chi connectivity index (χ1n) is 13.6. The van der Waals surface area contributed by atoms with Gasteiger partial charge in [0.05, 0.1) is 41.4 Å². The number of carbonyl (C=O) groups excluding carboxylic acids is 1. The molecule has 0 saturated heterocycles. The number of halogens is 1. The number of ether oxygens (including phenoxy) is 1. The minimum absolute atomic E-state index is 0.133. The summed E-state index contributed by atoms with van der Waals surface area (Å²) in [5.41, 5.74) is 0.949. The highest BCUT2D eigenvalue weighted by Gasteiger charge is 2.23. The van der Waals surface area contributed by atoms with Gasteiger partial charge in [0.25, 0.3) is 0 Å². The van der Waals surface area contributed by atoms with Crippen LogP contribution >= 0.6 is 34.7 Å². The minimum atomic E-state index is -3.56. The normalized spacial score (nSPS) is 11.5. The van der Waals surface area contributed by atoms with Gasteiger partial charge in [0, 0.05) is 4.90 Å². The average molecular weight is 677 g/mol. The fourth-order valence-electron chi connectivity index (χ4n) is 3.88.